The highest BCUT2D eigenvalue weighted by Crippen LogP contribution is 2.27. The van der Waals surface area contributed by atoms with Crippen molar-refractivity contribution in [2.45, 2.75) is 58.2 Å². The second-order valence-corrected chi connectivity index (χ2v) is 5.75. The van der Waals surface area contributed by atoms with Crippen LogP contribution in [0, 0.1) is 5.92 Å². The normalized spacial score (nSPS) is 37.9. The molecule has 0 amide bonds. The minimum atomic E-state index is 0.377. The van der Waals surface area contributed by atoms with Gasteiger partial charge in [-0.2, -0.15) is 0 Å². The number of hydrogen-bond donors (Lipinski definition) is 1. The van der Waals surface area contributed by atoms with E-state index in [9.17, 15) is 0 Å². The molecule has 0 aromatic rings. The van der Waals surface area contributed by atoms with Crippen LogP contribution in [0.1, 0.15) is 40.0 Å². The number of nitrogens with zero attached hydrogens (tertiary/aromatic N) is 1. The third-order valence-corrected chi connectivity index (χ3v) is 4.62. The van der Waals surface area contributed by atoms with Crippen LogP contribution in [0.4, 0.5) is 0 Å². The summed E-state index contributed by atoms with van der Waals surface area (Å²) in [6.45, 7) is 11.2. The summed E-state index contributed by atoms with van der Waals surface area (Å²) in [5, 5.41) is 3.44. The molecule has 2 saturated heterocycles. The molecule has 3 nitrogen and oxygen atoms in total. The molecule has 0 radical (unpaired) electrons. The van der Waals surface area contributed by atoms with E-state index in [4.69, 9.17) is 4.74 Å². The van der Waals surface area contributed by atoms with E-state index in [1.807, 2.05) is 0 Å². The molecular weight excluding hydrogens is 212 g/mol. The molecule has 4 unspecified atom stereocenters. The van der Waals surface area contributed by atoms with Gasteiger partial charge in [-0.3, -0.25) is 4.90 Å². The number of ether oxygens (including phenoxy) is 1. The number of nitrogens with one attached hydrogen (secondary N) is 1. The minimum absolute atomic E-state index is 0.377. The molecule has 0 saturated carbocycles. The van der Waals surface area contributed by atoms with Gasteiger partial charge in [-0.25, -0.2) is 0 Å². The first-order valence-corrected chi connectivity index (χ1v) is 7.30. The molecule has 1 N–H and O–H groups in total. The third-order valence-electron chi connectivity index (χ3n) is 4.62. The lowest BCUT2D eigenvalue weighted by Crippen LogP contribution is -2.55. The van der Waals surface area contributed by atoms with E-state index in [-0.39, 0.29) is 0 Å². The monoisotopic (exact) mass is 240 g/mol. The highest BCUT2D eigenvalue weighted by molar-refractivity contribution is 4.87. The van der Waals surface area contributed by atoms with E-state index in [1.165, 1.54) is 25.8 Å². The summed E-state index contributed by atoms with van der Waals surface area (Å²) in [5.41, 5.74) is 0. The first-order valence-electron chi connectivity index (χ1n) is 7.30. The van der Waals surface area contributed by atoms with Crippen molar-refractivity contribution >= 4 is 0 Å². The van der Waals surface area contributed by atoms with Gasteiger partial charge in [0.05, 0.1) is 12.7 Å². The van der Waals surface area contributed by atoms with Crippen molar-refractivity contribution in [3.8, 4) is 0 Å². The van der Waals surface area contributed by atoms with Crippen LogP contribution in [-0.4, -0.2) is 49.3 Å². The van der Waals surface area contributed by atoms with E-state index in [0.29, 0.717) is 12.1 Å². The predicted octanol–water partition coefficient (Wildman–Crippen LogP) is 1.87. The molecule has 2 rings (SSSR count). The van der Waals surface area contributed by atoms with Crippen LogP contribution in [0.5, 0.6) is 0 Å². The Bertz CT molecular complexity index is 228. The van der Waals surface area contributed by atoms with Crippen LogP contribution >= 0.6 is 0 Å². The molecular formula is C14H28N2O. The highest BCUT2D eigenvalue weighted by Gasteiger charge is 2.32. The van der Waals surface area contributed by atoms with Gasteiger partial charge in [-0.15, -0.1) is 0 Å². The zero-order chi connectivity index (χ0) is 12.3. The topological polar surface area (TPSA) is 24.5 Å². The second-order valence-electron chi connectivity index (χ2n) is 5.75. The number of rotatable bonds is 3. The zero-order valence-corrected chi connectivity index (χ0v) is 11.6. The number of hydrogen-bond acceptors (Lipinski definition) is 3. The van der Waals surface area contributed by atoms with Gasteiger partial charge in [0.15, 0.2) is 0 Å². The Morgan fingerprint density at radius 1 is 1.41 bits per heavy atom. The van der Waals surface area contributed by atoms with E-state index in [1.54, 1.807) is 0 Å². The lowest BCUT2D eigenvalue weighted by Gasteiger charge is -2.44. The van der Waals surface area contributed by atoms with Crippen molar-refractivity contribution in [1.82, 2.24) is 10.2 Å². The largest absolute Gasteiger partial charge is 0.374 e. The van der Waals surface area contributed by atoms with Crippen LogP contribution < -0.4 is 5.32 Å². The Balaban J connectivity index is 1.93. The van der Waals surface area contributed by atoms with E-state index < -0.39 is 0 Å². The van der Waals surface area contributed by atoms with E-state index in [0.717, 1.165) is 31.7 Å². The average Bonchev–Trinajstić information content (AvgIpc) is 2.39. The lowest BCUT2D eigenvalue weighted by atomic mass is 9.89. The van der Waals surface area contributed by atoms with Gasteiger partial charge in [0.25, 0.3) is 0 Å². The van der Waals surface area contributed by atoms with Crippen LogP contribution in [0.2, 0.25) is 0 Å². The molecule has 17 heavy (non-hydrogen) atoms. The summed E-state index contributed by atoms with van der Waals surface area (Å²) in [4.78, 5) is 2.68. The van der Waals surface area contributed by atoms with Gasteiger partial charge in [0.1, 0.15) is 0 Å². The summed E-state index contributed by atoms with van der Waals surface area (Å²) >= 11 is 0. The lowest BCUT2D eigenvalue weighted by molar-refractivity contribution is -0.0493. The summed E-state index contributed by atoms with van der Waals surface area (Å²) in [7, 11) is 0. The fourth-order valence-corrected chi connectivity index (χ4v) is 3.22. The molecule has 0 aromatic carbocycles. The molecule has 0 bridgehead atoms. The van der Waals surface area contributed by atoms with Gasteiger partial charge >= 0.3 is 0 Å². The quantitative estimate of drug-likeness (QED) is 0.815. The zero-order valence-electron chi connectivity index (χ0n) is 11.6. The van der Waals surface area contributed by atoms with Gasteiger partial charge in [0, 0.05) is 31.7 Å². The van der Waals surface area contributed by atoms with E-state index >= 15 is 0 Å². The van der Waals surface area contributed by atoms with Gasteiger partial charge in [-0.1, -0.05) is 13.3 Å². The van der Waals surface area contributed by atoms with Crippen LogP contribution in [0.15, 0.2) is 0 Å². The Morgan fingerprint density at radius 3 is 2.88 bits per heavy atom. The Kier molecular flexibility index (Phi) is 4.83. The molecule has 2 aliphatic heterocycles. The van der Waals surface area contributed by atoms with Gasteiger partial charge in [-0.05, 0) is 32.6 Å². The first-order chi connectivity index (χ1) is 8.22. The van der Waals surface area contributed by atoms with Crippen molar-refractivity contribution in [3.05, 3.63) is 0 Å². The molecule has 3 heteroatoms. The van der Waals surface area contributed by atoms with E-state index in [2.05, 4.69) is 31.0 Å². The first kappa shape index (κ1) is 13.3. The molecule has 2 aliphatic rings. The van der Waals surface area contributed by atoms with Crippen molar-refractivity contribution in [2.24, 2.45) is 5.92 Å². The minimum Gasteiger partial charge on any atom is -0.374 e. The molecule has 0 aromatic heterocycles. The number of morpholine rings is 1. The van der Waals surface area contributed by atoms with Gasteiger partial charge < -0.3 is 10.1 Å². The molecule has 0 aliphatic carbocycles. The average molecular weight is 240 g/mol. The summed E-state index contributed by atoms with van der Waals surface area (Å²) in [6, 6.07) is 1.27. The molecule has 4 atom stereocenters. The maximum atomic E-state index is 5.91. The number of piperidine rings is 1. The third kappa shape index (κ3) is 3.21. The summed E-state index contributed by atoms with van der Waals surface area (Å²) in [6.07, 6.45) is 4.45. The van der Waals surface area contributed by atoms with Crippen molar-refractivity contribution < 1.29 is 4.74 Å². The Hall–Kier alpha value is -0.120. The van der Waals surface area contributed by atoms with Crippen molar-refractivity contribution in [3.63, 3.8) is 0 Å². The van der Waals surface area contributed by atoms with Crippen molar-refractivity contribution in [1.29, 1.82) is 0 Å². The fraction of sp³-hybridized carbons (Fsp3) is 1.00. The standard InChI is InChI=1S/C14H28N2O/c1-4-13-6-5-11(2)16(10-13)12(3)14-9-15-7-8-17-14/h11-15H,4-10H2,1-3H3. The second kappa shape index (κ2) is 6.17. The predicted molar refractivity (Wildman–Crippen MR) is 71.3 cm³/mol. The van der Waals surface area contributed by atoms with Crippen molar-refractivity contribution in [2.75, 3.05) is 26.2 Å². The summed E-state index contributed by atoms with van der Waals surface area (Å²) < 4.78 is 5.91. The maximum Gasteiger partial charge on any atom is 0.0852 e. The highest BCUT2D eigenvalue weighted by atomic mass is 16.5. The molecule has 2 heterocycles. The summed E-state index contributed by atoms with van der Waals surface area (Å²) in [5.74, 6) is 0.894. The fourth-order valence-electron chi connectivity index (χ4n) is 3.22. The van der Waals surface area contributed by atoms with Crippen LogP contribution in [-0.2, 0) is 4.74 Å². The van der Waals surface area contributed by atoms with Crippen LogP contribution in [0.3, 0.4) is 0 Å². The van der Waals surface area contributed by atoms with Gasteiger partial charge in [0.2, 0.25) is 0 Å². The molecule has 2 fully saturated rings. The molecule has 100 valence electrons. The van der Waals surface area contributed by atoms with Crippen LogP contribution in [0.25, 0.3) is 0 Å². The number of likely N-dealkylation sites (tertiary alicyclic amines) is 1. The Labute approximate surface area is 106 Å². The maximum absolute atomic E-state index is 5.91. The SMILES string of the molecule is CCC1CCC(C)N(C(C)C2CNCCO2)C1. The molecule has 0 spiro atoms. The smallest absolute Gasteiger partial charge is 0.0852 e. The Morgan fingerprint density at radius 2 is 2.24 bits per heavy atom.